The number of aromatic nitrogens is 1. The lowest BCUT2D eigenvalue weighted by Crippen LogP contribution is -2.53. The van der Waals surface area contributed by atoms with Crippen molar-refractivity contribution in [2.75, 3.05) is 0 Å². The minimum absolute atomic E-state index is 0.333. The number of ether oxygens (including phenoxy) is 1. The van der Waals surface area contributed by atoms with Gasteiger partial charge in [0.15, 0.2) is 0 Å². The molecule has 13 rings (SSSR count). The summed E-state index contributed by atoms with van der Waals surface area (Å²) in [5, 5.41) is 4.73. The van der Waals surface area contributed by atoms with E-state index in [9.17, 15) is 0 Å². The zero-order valence-corrected chi connectivity index (χ0v) is 31.7. The Morgan fingerprint density at radius 2 is 1.03 bits per heavy atom. The summed E-state index contributed by atoms with van der Waals surface area (Å²) in [6, 6.07) is 68.9. The first-order valence-corrected chi connectivity index (χ1v) is 20.1. The van der Waals surface area contributed by atoms with Gasteiger partial charge in [0.1, 0.15) is 28.4 Å². The highest BCUT2D eigenvalue weighted by Gasteiger charge is 2.41. The summed E-state index contributed by atoms with van der Waals surface area (Å²) in [5.74, 6) is 2.49. The molecule has 59 heavy (non-hydrogen) atoms. The summed E-state index contributed by atoms with van der Waals surface area (Å²) in [4.78, 5) is 0. The van der Waals surface area contributed by atoms with Gasteiger partial charge in [-0.2, -0.15) is 0 Å². The van der Waals surface area contributed by atoms with Crippen LogP contribution in [0.5, 0.6) is 17.2 Å². The zero-order chi connectivity index (χ0) is 38.6. The molecule has 0 N–H and O–H groups in total. The minimum Gasteiger partial charge on any atom is -0.551 e. The fourth-order valence-electron chi connectivity index (χ4n) is 9.61. The van der Waals surface area contributed by atoms with Crippen LogP contribution in [0.2, 0.25) is 0 Å². The molecule has 2 aromatic heterocycles. The Kier molecular flexibility index (Phi) is 6.78. The second-order valence-corrected chi connectivity index (χ2v) is 15.6. The smallest absolute Gasteiger partial charge is 0.434 e. The van der Waals surface area contributed by atoms with E-state index in [1.165, 1.54) is 21.8 Å². The van der Waals surface area contributed by atoms with Crippen LogP contribution < -0.4 is 20.3 Å². The van der Waals surface area contributed by atoms with Crippen LogP contribution in [0, 0.1) is 0 Å². The van der Waals surface area contributed by atoms with Gasteiger partial charge in [-0.1, -0.05) is 127 Å². The lowest BCUT2D eigenvalue weighted by atomic mass is 9.50. The van der Waals surface area contributed by atoms with Crippen LogP contribution >= 0.6 is 0 Å². The van der Waals surface area contributed by atoms with Crippen molar-refractivity contribution in [2.24, 2.45) is 0 Å². The molecular formula is C54H32BNO3. The number of para-hydroxylation sites is 4. The molecule has 0 bridgehead atoms. The lowest BCUT2D eigenvalue weighted by Gasteiger charge is -2.33. The van der Waals surface area contributed by atoms with Gasteiger partial charge in [0.25, 0.3) is 0 Å². The summed E-state index contributed by atoms with van der Waals surface area (Å²) in [5.41, 5.74) is 16.3. The summed E-state index contributed by atoms with van der Waals surface area (Å²) in [6.07, 6.45) is 0. The molecule has 11 aromatic rings. The Bertz CT molecular complexity index is 3490. The second-order valence-electron chi connectivity index (χ2n) is 15.6. The third-order valence-corrected chi connectivity index (χ3v) is 12.3. The van der Waals surface area contributed by atoms with Gasteiger partial charge < -0.3 is 18.4 Å². The zero-order valence-electron chi connectivity index (χ0n) is 31.7. The van der Waals surface area contributed by atoms with Gasteiger partial charge in [-0.25, -0.2) is 0 Å². The molecule has 0 fully saturated rings. The topological polar surface area (TPSA) is 36.5 Å². The Balaban J connectivity index is 0.933. The average Bonchev–Trinajstić information content (AvgIpc) is 3.84. The van der Waals surface area contributed by atoms with Crippen molar-refractivity contribution >= 4 is 61.6 Å². The van der Waals surface area contributed by atoms with Crippen LogP contribution in [0.4, 0.5) is 0 Å². The fourth-order valence-corrected chi connectivity index (χ4v) is 9.61. The number of rotatable bonds is 4. The predicted octanol–water partition coefficient (Wildman–Crippen LogP) is 13.0. The molecule has 4 nitrogen and oxygen atoms in total. The highest BCUT2D eigenvalue weighted by atomic mass is 16.5. The summed E-state index contributed by atoms with van der Waals surface area (Å²) in [7, 11) is 0. The molecule has 2 aliphatic rings. The van der Waals surface area contributed by atoms with E-state index < -0.39 is 0 Å². The van der Waals surface area contributed by atoms with Gasteiger partial charge in [-0.05, 0) is 106 Å². The van der Waals surface area contributed by atoms with Crippen LogP contribution in [0.1, 0.15) is 0 Å². The third-order valence-electron chi connectivity index (χ3n) is 12.3. The molecule has 4 heterocycles. The van der Waals surface area contributed by atoms with Gasteiger partial charge in [-0.3, -0.25) is 0 Å². The monoisotopic (exact) mass is 753 g/mol. The van der Waals surface area contributed by atoms with Gasteiger partial charge in [0.05, 0.1) is 11.0 Å². The summed E-state index contributed by atoms with van der Waals surface area (Å²) >= 11 is 0. The highest BCUT2D eigenvalue weighted by Crippen LogP contribution is 2.44. The Morgan fingerprint density at radius 1 is 0.373 bits per heavy atom. The van der Waals surface area contributed by atoms with Crippen LogP contribution in [-0.4, -0.2) is 11.5 Å². The molecular weight excluding hydrogens is 721 g/mol. The molecule has 0 saturated heterocycles. The van der Waals surface area contributed by atoms with E-state index in [0.29, 0.717) is 0 Å². The number of fused-ring (bicyclic) bond motifs is 10. The van der Waals surface area contributed by atoms with Crippen LogP contribution in [-0.2, 0) is 0 Å². The predicted molar refractivity (Wildman–Crippen MR) is 242 cm³/mol. The molecule has 274 valence electrons. The second kappa shape index (κ2) is 12.4. The van der Waals surface area contributed by atoms with Gasteiger partial charge in [0.2, 0.25) is 0 Å². The molecule has 0 spiro atoms. The van der Waals surface area contributed by atoms with Gasteiger partial charge in [-0.15, -0.1) is 0 Å². The Hall–Kier alpha value is -7.76. The summed E-state index contributed by atoms with van der Waals surface area (Å²) in [6.45, 7) is -0.333. The molecule has 0 saturated carbocycles. The normalized spacial score (nSPS) is 12.6. The molecule has 0 aliphatic carbocycles. The minimum atomic E-state index is -0.333. The fraction of sp³-hybridized carbons (Fsp3) is 0. The Labute approximate surface area is 340 Å². The van der Waals surface area contributed by atoms with Crippen molar-refractivity contribution in [2.45, 2.75) is 0 Å². The number of nitrogens with zero attached hydrogens (tertiary/aromatic N) is 1. The van der Waals surface area contributed by atoms with Crippen LogP contribution in [0.3, 0.4) is 0 Å². The van der Waals surface area contributed by atoms with Crippen molar-refractivity contribution in [3.8, 4) is 67.4 Å². The molecule has 5 heteroatoms. The van der Waals surface area contributed by atoms with Crippen molar-refractivity contribution < 1.29 is 13.8 Å². The van der Waals surface area contributed by atoms with Crippen molar-refractivity contribution in [3.63, 3.8) is 0 Å². The molecule has 0 atom stereocenters. The average molecular weight is 754 g/mol. The molecule has 0 radical (unpaired) electrons. The van der Waals surface area contributed by atoms with E-state index in [0.717, 1.165) is 100 Å². The van der Waals surface area contributed by atoms with Crippen LogP contribution in [0.25, 0.3) is 93.9 Å². The quantitative estimate of drug-likeness (QED) is 0.168. The largest absolute Gasteiger partial charge is 0.551 e. The van der Waals surface area contributed by atoms with E-state index in [-0.39, 0.29) is 6.92 Å². The first-order valence-electron chi connectivity index (χ1n) is 20.1. The molecule has 9 aromatic carbocycles. The SMILES string of the molecule is c1cc(-c2ccc3c(c2)B2Oc4ccccc4-c4cc(-c5ccccc5-c5ccc6oc7ccccc7c6c5)cc(c42)O3)cc(-n2c3ccccc3c3ccccc32)c1. The summed E-state index contributed by atoms with van der Waals surface area (Å²) < 4.78 is 22.4. The number of benzene rings is 9. The Morgan fingerprint density at radius 3 is 1.86 bits per heavy atom. The molecule has 0 unspecified atom stereocenters. The van der Waals surface area contributed by atoms with E-state index in [1.807, 2.05) is 12.1 Å². The highest BCUT2D eigenvalue weighted by molar-refractivity contribution is 6.84. The van der Waals surface area contributed by atoms with Gasteiger partial charge >= 0.3 is 6.92 Å². The number of hydrogen-bond donors (Lipinski definition) is 0. The van der Waals surface area contributed by atoms with Crippen LogP contribution in [0.15, 0.2) is 199 Å². The molecule has 2 aliphatic heterocycles. The first-order chi connectivity index (χ1) is 29.2. The maximum Gasteiger partial charge on any atom is 0.434 e. The first kappa shape index (κ1) is 32.3. The van der Waals surface area contributed by atoms with E-state index in [4.69, 9.17) is 13.8 Å². The maximum absolute atomic E-state index is 6.95. The van der Waals surface area contributed by atoms with Crippen molar-refractivity contribution in [1.29, 1.82) is 0 Å². The molecule has 0 amide bonds. The van der Waals surface area contributed by atoms with Crippen molar-refractivity contribution in [1.82, 2.24) is 4.57 Å². The van der Waals surface area contributed by atoms with E-state index in [1.54, 1.807) is 0 Å². The third kappa shape index (κ3) is 4.85. The van der Waals surface area contributed by atoms with E-state index in [2.05, 4.69) is 187 Å². The maximum atomic E-state index is 6.95. The lowest BCUT2D eigenvalue weighted by molar-refractivity contribution is 0.479. The number of hydrogen-bond acceptors (Lipinski definition) is 3. The van der Waals surface area contributed by atoms with Crippen molar-refractivity contribution in [3.05, 3.63) is 194 Å². The number of furan rings is 1. The van der Waals surface area contributed by atoms with Gasteiger partial charge in [0, 0.05) is 43.7 Å². The van der Waals surface area contributed by atoms with E-state index >= 15 is 0 Å². The standard InChI is InChI=1S/C54H32BNO3/c1-2-15-39(38(14-1)35-25-26-50-44(29-35)42-18-5-9-22-49(42)57-50)36-30-45-43-19-6-10-23-51(43)59-55-46-31-34(24-27-52(46)58-53(32-36)54(45)55)33-12-11-13-37(28-33)56-47-20-7-3-16-40(47)41-17-4-8-21-48(41)56/h1-32H.